The van der Waals surface area contributed by atoms with Crippen LogP contribution in [0.15, 0.2) is 30.5 Å². The number of rotatable bonds is 7. The average Bonchev–Trinajstić information content (AvgIpc) is 3.49. The number of nitrogens with one attached hydrogen (secondary N) is 1. The molecule has 2 N–H and O–H groups in total. The zero-order valence-electron chi connectivity index (χ0n) is 15.7. The molecule has 2 aromatic rings. The van der Waals surface area contributed by atoms with E-state index in [9.17, 15) is 13.6 Å². The summed E-state index contributed by atoms with van der Waals surface area (Å²) in [6.45, 7) is 2.16. The van der Waals surface area contributed by atoms with Crippen molar-refractivity contribution < 1.29 is 28.2 Å². The maximum atomic E-state index is 14.2. The summed E-state index contributed by atoms with van der Waals surface area (Å²) >= 11 is 0. The fourth-order valence-corrected chi connectivity index (χ4v) is 2.39. The van der Waals surface area contributed by atoms with Gasteiger partial charge in [0, 0.05) is 12.1 Å². The third-order valence-corrected chi connectivity index (χ3v) is 4.12. The van der Waals surface area contributed by atoms with Gasteiger partial charge in [-0.05, 0) is 43.7 Å². The van der Waals surface area contributed by atoms with Gasteiger partial charge in [0.1, 0.15) is 35.4 Å². The summed E-state index contributed by atoms with van der Waals surface area (Å²) in [5, 5.41) is 10.8. The van der Waals surface area contributed by atoms with Crippen molar-refractivity contribution in [1.82, 2.24) is 10.3 Å². The number of pyridine rings is 1. The molecule has 1 heterocycles. The van der Waals surface area contributed by atoms with Crippen LogP contribution in [-0.4, -0.2) is 35.4 Å². The predicted octanol–water partition coefficient (Wildman–Crippen LogP) is 3.58. The van der Waals surface area contributed by atoms with Crippen LogP contribution in [0.2, 0.25) is 0 Å². The highest BCUT2D eigenvalue weighted by molar-refractivity contribution is 5.64. The van der Waals surface area contributed by atoms with E-state index in [0.717, 1.165) is 12.1 Å². The van der Waals surface area contributed by atoms with Crippen molar-refractivity contribution in [3.05, 3.63) is 53.4 Å². The van der Waals surface area contributed by atoms with Crippen LogP contribution in [0, 0.1) is 29.4 Å². The van der Waals surface area contributed by atoms with Gasteiger partial charge in [-0.15, -0.1) is 0 Å². The first-order valence-electron chi connectivity index (χ1n) is 9.13. The van der Waals surface area contributed by atoms with E-state index in [-0.39, 0.29) is 12.4 Å². The summed E-state index contributed by atoms with van der Waals surface area (Å²) in [5.41, 5.74) is -0.0404. The maximum Gasteiger partial charge on any atom is 0.404 e. The molecule has 0 bridgehead atoms. The lowest BCUT2D eigenvalue weighted by Gasteiger charge is -2.13. The summed E-state index contributed by atoms with van der Waals surface area (Å²) in [6.07, 6.45) is 2.70. The minimum absolute atomic E-state index is 0.0557. The summed E-state index contributed by atoms with van der Waals surface area (Å²) in [5.74, 6) is 4.52. The standard InChI is InChI=1S/C21H20F2N2O4/c1-13(25-21(26)27)11-28-17-8-19(22)18(20(23)9-17)7-5-15-4-6-16(10-24-15)29-12-14-2-3-14/h4,6,8-10,13-14,25H,2-3,11-12H2,1H3,(H,26,27)/t13-/m0/s1. The lowest BCUT2D eigenvalue weighted by molar-refractivity contribution is 0.183. The van der Waals surface area contributed by atoms with E-state index in [1.807, 2.05) is 0 Å². The Kier molecular flexibility index (Phi) is 6.50. The number of ether oxygens (including phenoxy) is 2. The number of nitrogens with zero attached hydrogens (tertiary/aromatic N) is 1. The zero-order chi connectivity index (χ0) is 20.8. The topological polar surface area (TPSA) is 80.7 Å². The third-order valence-electron chi connectivity index (χ3n) is 4.12. The number of hydrogen-bond donors (Lipinski definition) is 2. The average molecular weight is 402 g/mol. The number of aromatic nitrogens is 1. The van der Waals surface area contributed by atoms with Gasteiger partial charge in [-0.3, -0.25) is 0 Å². The van der Waals surface area contributed by atoms with Crippen LogP contribution < -0.4 is 14.8 Å². The van der Waals surface area contributed by atoms with E-state index in [1.54, 1.807) is 19.1 Å². The molecule has 1 atom stereocenters. The van der Waals surface area contributed by atoms with Crippen molar-refractivity contribution >= 4 is 6.09 Å². The van der Waals surface area contributed by atoms with Crippen molar-refractivity contribution in [2.75, 3.05) is 13.2 Å². The van der Waals surface area contributed by atoms with E-state index in [0.29, 0.717) is 24.0 Å². The van der Waals surface area contributed by atoms with Gasteiger partial charge >= 0.3 is 6.09 Å². The molecular formula is C21H20F2N2O4. The van der Waals surface area contributed by atoms with Crippen molar-refractivity contribution in [3.8, 4) is 23.3 Å². The van der Waals surface area contributed by atoms with Gasteiger partial charge in [0.05, 0.1) is 24.4 Å². The van der Waals surface area contributed by atoms with Crippen molar-refractivity contribution in [3.63, 3.8) is 0 Å². The van der Waals surface area contributed by atoms with Gasteiger partial charge in [-0.1, -0.05) is 5.92 Å². The largest absolute Gasteiger partial charge is 0.492 e. The van der Waals surface area contributed by atoms with Crippen LogP contribution in [0.25, 0.3) is 0 Å². The van der Waals surface area contributed by atoms with Crippen LogP contribution in [0.3, 0.4) is 0 Å². The number of carboxylic acid groups (broad SMARTS) is 1. The first-order valence-corrected chi connectivity index (χ1v) is 9.13. The van der Waals surface area contributed by atoms with Gasteiger partial charge in [-0.2, -0.15) is 0 Å². The molecule has 0 radical (unpaired) electrons. The summed E-state index contributed by atoms with van der Waals surface area (Å²) < 4.78 is 39.2. The Morgan fingerprint density at radius 2 is 1.97 bits per heavy atom. The third kappa shape index (κ3) is 6.35. The van der Waals surface area contributed by atoms with E-state index >= 15 is 0 Å². The van der Waals surface area contributed by atoms with Crippen LogP contribution in [-0.2, 0) is 0 Å². The van der Waals surface area contributed by atoms with E-state index in [1.165, 1.54) is 19.0 Å². The molecule has 0 spiro atoms. The van der Waals surface area contributed by atoms with Crippen molar-refractivity contribution in [1.29, 1.82) is 0 Å². The van der Waals surface area contributed by atoms with E-state index in [4.69, 9.17) is 14.6 Å². The summed E-state index contributed by atoms with van der Waals surface area (Å²) in [4.78, 5) is 14.6. The molecule has 1 aromatic carbocycles. The molecule has 1 aliphatic rings. The lowest BCUT2D eigenvalue weighted by Crippen LogP contribution is -2.35. The molecule has 0 unspecified atom stereocenters. The van der Waals surface area contributed by atoms with Gasteiger partial charge in [-0.25, -0.2) is 18.6 Å². The van der Waals surface area contributed by atoms with Gasteiger partial charge in [0.15, 0.2) is 0 Å². The summed E-state index contributed by atoms with van der Waals surface area (Å²) in [7, 11) is 0. The Bertz CT molecular complexity index is 911. The quantitative estimate of drug-likeness (QED) is 0.692. The Balaban J connectivity index is 1.62. The highest BCUT2D eigenvalue weighted by Crippen LogP contribution is 2.29. The predicted molar refractivity (Wildman–Crippen MR) is 101 cm³/mol. The lowest BCUT2D eigenvalue weighted by atomic mass is 10.2. The molecule has 1 fully saturated rings. The Morgan fingerprint density at radius 1 is 1.24 bits per heavy atom. The Hall–Kier alpha value is -3.34. The van der Waals surface area contributed by atoms with Crippen LogP contribution in [0.1, 0.15) is 31.0 Å². The molecule has 1 saturated carbocycles. The first-order chi connectivity index (χ1) is 13.9. The number of hydrogen-bond acceptors (Lipinski definition) is 4. The summed E-state index contributed by atoms with van der Waals surface area (Å²) in [6, 6.07) is 4.81. The second-order valence-corrected chi connectivity index (χ2v) is 6.81. The van der Waals surface area contributed by atoms with Crippen molar-refractivity contribution in [2.45, 2.75) is 25.8 Å². The fraction of sp³-hybridized carbons (Fsp3) is 0.333. The van der Waals surface area contributed by atoms with Crippen LogP contribution in [0.5, 0.6) is 11.5 Å². The number of benzene rings is 1. The number of halogens is 2. The molecule has 8 heteroatoms. The first kappa shape index (κ1) is 20.4. The second kappa shape index (κ2) is 9.24. The fourth-order valence-electron chi connectivity index (χ4n) is 2.39. The molecule has 6 nitrogen and oxygen atoms in total. The van der Waals surface area contributed by atoms with Gasteiger partial charge < -0.3 is 19.9 Å². The minimum atomic E-state index is -1.21. The molecular weight excluding hydrogens is 382 g/mol. The van der Waals surface area contributed by atoms with Gasteiger partial charge in [0.25, 0.3) is 0 Å². The van der Waals surface area contributed by atoms with Crippen LogP contribution >= 0.6 is 0 Å². The Labute approximate surface area is 166 Å². The molecule has 3 rings (SSSR count). The molecule has 0 saturated heterocycles. The molecule has 152 valence electrons. The molecule has 1 aromatic heterocycles. The zero-order valence-corrected chi connectivity index (χ0v) is 15.7. The van der Waals surface area contributed by atoms with Gasteiger partial charge in [0.2, 0.25) is 0 Å². The molecule has 29 heavy (non-hydrogen) atoms. The normalized spacial score (nSPS) is 13.8. The van der Waals surface area contributed by atoms with Crippen LogP contribution in [0.4, 0.5) is 13.6 Å². The second-order valence-electron chi connectivity index (χ2n) is 6.81. The Morgan fingerprint density at radius 3 is 2.55 bits per heavy atom. The molecule has 1 amide bonds. The smallest absolute Gasteiger partial charge is 0.404 e. The molecule has 0 aliphatic heterocycles. The number of carbonyl (C=O) groups is 1. The molecule has 1 aliphatic carbocycles. The minimum Gasteiger partial charge on any atom is -0.492 e. The van der Waals surface area contributed by atoms with E-state index in [2.05, 4.69) is 22.1 Å². The maximum absolute atomic E-state index is 14.2. The van der Waals surface area contributed by atoms with Crippen molar-refractivity contribution in [2.24, 2.45) is 5.92 Å². The highest BCUT2D eigenvalue weighted by Gasteiger charge is 2.21. The number of amides is 1. The highest BCUT2D eigenvalue weighted by atomic mass is 19.1. The monoisotopic (exact) mass is 402 g/mol. The SMILES string of the molecule is C[C@@H](COc1cc(F)c(C#Cc2ccc(OCC3CC3)cn2)c(F)c1)NC(=O)O. The van der Waals surface area contributed by atoms with E-state index < -0.39 is 29.3 Å².